The van der Waals surface area contributed by atoms with Crippen molar-refractivity contribution in [3.63, 3.8) is 0 Å². The first-order chi connectivity index (χ1) is 13.7. The SMILES string of the molecule is O=C1NC(=O)C(Cc2ccc(OCc3cccc(-c4ccccc4)c3)cc2)S1. The number of nitrogens with one attached hydrogen (secondary N) is 1. The number of thioether (sulfide) groups is 1. The van der Waals surface area contributed by atoms with Crippen LogP contribution in [0.15, 0.2) is 78.9 Å². The van der Waals surface area contributed by atoms with Gasteiger partial charge in [0.05, 0.1) is 5.25 Å². The molecule has 28 heavy (non-hydrogen) atoms. The quantitative estimate of drug-likeness (QED) is 0.656. The molecule has 140 valence electrons. The van der Waals surface area contributed by atoms with Gasteiger partial charge in [0.15, 0.2) is 0 Å². The van der Waals surface area contributed by atoms with E-state index in [0.29, 0.717) is 13.0 Å². The predicted octanol–water partition coefficient (Wildman–Crippen LogP) is 4.83. The third-order valence-electron chi connectivity index (χ3n) is 4.55. The molecule has 0 radical (unpaired) electrons. The van der Waals surface area contributed by atoms with Gasteiger partial charge in [-0.2, -0.15) is 0 Å². The Labute approximate surface area is 167 Å². The first-order valence-electron chi connectivity index (χ1n) is 9.05. The molecule has 1 aliphatic rings. The highest BCUT2D eigenvalue weighted by Gasteiger charge is 2.31. The van der Waals surface area contributed by atoms with E-state index in [0.717, 1.165) is 28.6 Å². The lowest BCUT2D eigenvalue weighted by atomic mass is 10.0. The fourth-order valence-corrected chi connectivity index (χ4v) is 3.96. The molecule has 0 saturated carbocycles. The van der Waals surface area contributed by atoms with Crippen LogP contribution in [0.5, 0.6) is 5.75 Å². The molecule has 4 nitrogen and oxygen atoms in total. The second-order valence-corrected chi connectivity index (χ2v) is 7.76. The Hall–Kier alpha value is -3.05. The molecule has 4 rings (SSSR count). The molecule has 3 aromatic carbocycles. The molecule has 1 N–H and O–H groups in total. The molecule has 1 heterocycles. The highest BCUT2D eigenvalue weighted by atomic mass is 32.2. The van der Waals surface area contributed by atoms with Gasteiger partial charge in [-0.15, -0.1) is 0 Å². The van der Waals surface area contributed by atoms with Crippen molar-refractivity contribution in [1.82, 2.24) is 5.32 Å². The summed E-state index contributed by atoms with van der Waals surface area (Å²) in [6.45, 7) is 0.482. The lowest BCUT2D eigenvalue weighted by Gasteiger charge is -2.10. The number of hydrogen-bond donors (Lipinski definition) is 1. The molecule has 1 fully saturated rings. The van der Waals surface area contributed by atoms with Gasteiger partial charge in [-0.1, -0.05) is 72.4 Å². The maximum Gasteiger partial charge on any atom is 0.286 e. The Morgan fingerprint density at radius 3 is 2.29 bits per heavy atom. The van der Waals surface area contributed by atoms with Crippen LogP contribution in [0.1, 0.15) is 11.1 Å². The van der Waals surface area contributed by atoms with Crippen LogP contribution in [0.25, 0.3) is 11.1 Å². The van der Waals surface area contributed by atoms with Gasteiger partial charge in [-0.3, -0.25) is 14.9 Å². The van der Waals surface area contributed by atoms with Crippen molar-refractivity contribution in [2.45, 2.75) is 18.3 Å². The minimum absolute atomic E-state index is 0.214. The molecule has 1 atom stereocenters. The highest BCUT2D eigenvalue weighted by Crippen LogP contribution is 2.24. The molecule has 5 heteroatoms. The normalized spacial score (nSPS) is 16.1. The van der Waals surface area contributed by atoms with Crippen molar-refractivity contribution in [3.8, 4) is 16.9 Å². The third kappa shape index (κ3) is 4.43. The molecular weight excluding hydrogens is 370 g/mol. The van der Waals surface area contributed by atoms with E-state index in [1.54, 1.807) is 0 Å². The van der Waals surface area contributed by atoms with E-state index in [-0.39, 0.29) is 16.4 Å². The molecular formula is C23H19NO3S. The van der Waals surface area contributed by atoms with Crippen molar-refractivity contribution < 1.29 is 14.3 Å². The molecule has 0 spiro atoms. The summed E-state index contributed by atoms with van der Waals surface area (Å²) >= 11 is 1.05. The van der Waals surface area contributed by atoms with Crippen LogP contribution in [0, 0.1) is 0 Å². The highest BCUT2D eigenvalue weighted by molar-refractivity contribution is 8.15. The summed E-state index contributed by atoms with van der Waals surface area (Å²) in [4.78, 5) is 22.9. The van der Waals surface area contributed by atoms with E-state index in [2.05, 4.69) is 29.6 Å². The van der Waals surface area contributed by atoms with Crippen LogP contribution in [0.3, 0.4) is 0 Å². The van der Waals surface area contributed by atoms with Crippen LogP contribution >= 0.6 is 11.8 Å². The Morgan fingerprint density at radius 1 is 0.821 bits per heavy atom. The second kappa shape index (κ2) is 8.31. The largest absolute Gasteiger partial charge is 0.489 e. The standard InChI is InChI=1S/C23H19NO3S/c25-22-21(28-23(26)24-22)14-16-9-11-20(12-10-16)27-15-17-5-4-8-19(13-17)18-6-2-1-3-7-18/h1-13,21H,14-15H2,(H,24,25,26). The van der Waals surface area contributed by atoms with Crippen molar-refractivity contribution in [3.05, 3.63) is 90.0 Å². The zero-order valence-electron chi connectivity index (χ0n) is 15.1. The fraction of sp³-hybridized carbons (Fsp3) is 0.130. The monoisotopic (exact) mass is 389 g/mol. The van der Waals surface area contributed by atoms with E-state index in [9.17, 15) is 9.59 Å². The van der Waals surface area contributed by atoms with E-state index in [1.165, 1.54) is 11.1 Å². The van der Waals surface area contributed by atoms with Crippen LogP contribution in [0.4, 0.5) is 4.79 Å². The Morgan fingerprint density at radius 2 is 1.57 bits per heavy atom. The van der Waals surface area contributed by atoms with Gasteiger partial charge in [0.2, 0.25) is 5.91 Å². The van der Waals surface area contributed by atoms with E-state index >= 15 is 0 Å². The van der Waals surface area contributed by atoms with Gasteiger partial charge in [-0.05, 0) is 46.9 Å². The van der Waals surface area contributed by atoms with Gasteiger partial charge in [0, 0.05) is 0 Å². The molecule has 3 aromatic rings. The zero-order valence-corrected chi connectivity index (χ0v) is 15.9. The number of rotatable bonds is 6. The minimum Gasteiger partial charge on any atom is -0.489 e. The van der Waals surface area contributed by atoms with E-state index < -0.39 is 0 Å². The number of amides is 2. The lowest BCUT2D eigenvalue weighted by molar-refractivity contribution is -0.118. The molecule has 2 amide bonds. The number of carbonyl (C=O) groups excluding carboxylic acids is 2. The van der Waals surface area contributed by atoms with Crippen LogP contribution < -0.4 is 10.1 Å². The van der Waals surface area contributed by atoms with Gasteiger partial charge in [-0.25, -0.2) is 0 Å². The van der Waals surface area contributed by atoms with Crippen LogP contribution in [-0.2, 0) is 17.8 Å². The van der Waals surface area contributed by atoms with Gasteiger partial charge < -0.3 is 4.74 Å². The molecule has 0 aromatic heterocycles. The summed E-state index contributed by atoms with van der Waals surface area (Å²) in [5, 5.41) is 1.70. The first kappa shape index (κ1) is 18.3. The summed E-state index contributed by atoms with van der Waals surface area (Å²) < 4.78 is 5.91. The fourth-order valence-electron chi connectivity index (χ4n) is 3.10. The van der Waals surface area contributed by atoms with E-state index in [1.807, 2.05) is 54.6 Å². The molecule has 1 aliphatic heterocycles. The number of hydrogen-bond acceptors (Lipinski definition) is 4. The summed E-state index contributed by atoms with van der Waals surface area (Å²) in [6.07, 6.45) is 0.529. The third-order valence-corrected chi connectivity index (χ3v) is 5.53. The van der Waals surface area contributed by atoms with Crippen molar-refractivity contribution >= 4 is 22.9 Å². The lowest BCUT2D eigenvalue weighted by Crippen LogP contribution is -2.25. The number of benzene rings is 3. The van der Waals surface area contributed by atoms with Gasteiger partial charge in [0.25, 0.3) is 5.24 Å². The Bertz CT molecular complexity index is 986. The average Bonchev–Trinajstić information content (AvgIpc) is 3.05. The van der Waals surface area contributed by atoms with Crippen molar-refractivity contribution in [1.29, 1.82) is 0 Å². The Kier molecular flexibility index (Phi) is 5.44. The number of carbonyl (C=O) groups is 2. The Balaban J connectivity index is 1.36. The number of ether oxygens (including phenoxy) is 1. The predicted molar refractivity (Wildman–Crippen MR) is 111 cm³/mol. The van der Waals surface area contributed by atoms with Gasteiger partial charge >= 0.3 is 0 Å². The van der Waals surface area contributed by atoms with Crippen molar-refractivity contribution in [2.24, 2.45) is 0 Å². The first-order valence-corrected chi connectivity index (χ1v) is 9.93. The molecule has 0 bridgehead atoms. The summed E-state index contributed by atoms with van der Waals surface area (Å²) in [5.41, 5.74) is 4.45. The molecule has 0 aliphatic carbocycles. The topological polar surface area (TPSA) is 55.4 Å². The smallest absolute Gasteiger partial charge is 0.286 e. The van der Waals surface area contributed by atoms with Gasteiger partial charge in [0.1, 0.15) is 12.4 Å². The van der Waals surface area contributed by atoms with Crippen molar-refractivity contribution in [2.75, 3.05) is 0 Å². The number of imide groups is 1. The summed E-state index contributed by atoms with van der Waals surface area (Å²) in [5.74, 6) is 0.557. The summed E-state index contributed by atoms with van der Waals surface area (Å²) in [7, 11) is 0. The minimum atomic E-state index is -0.347. The molecule has 1 saturated heterocycles. The van der Waals surface area contributed by atoms with Crippen LogP contribution in [0.2, 0.25) is 0 Å². The second-order valence-electron chi connectivity index (χ2n) is 6.59. The summed E-state index contributed by atoms with van der Waals surface area (Å²) in [6, 6.07) is 26.2. The average molecular weight is 389 g/mol. The van der Waals surface area contributed by atoms with Crippen LogP contribution in [-0.4, -0.2) is 16.4 Å². The maximum atomic E-state index is 11.7. The molecule has 1 unspecified atom stereocenters. The zero-order chi connectivity index (χ0) is 19.3. The van der Waals surface area contributed by atoms with E-state index in [4.69, 9.17) is 4.74 Å². The maximum absolute atomic E-state index is 11.7.